The lowest BCUT2D eigenvalue weighted by molar-refractivity contribution is 0.0309. The van der Waals surface area contributed by atoms with Gasteiger partial charge in [0.1, 0.15) is 5.75 Å². The van der Waals surface area contributed by atoms with E-state index in [2.05, 4.69) is 4.72 Å². The van der Waals surface area contributed by atoms with Crippen molar-refractivity contribution >= 4 is 10.0 Å². The number of nitrogens with one attached hydrogen (secondary N) is 1. The molecule has 0 amide bonds. The third-order valence-electron chi connectivity index (χ3n) is 3.69. The highest BCUT2D eigenvalue weighted by Crippen LogP contribution is 2.19. The summed E-state index contributed by atoms with van der Waals surface area (Å²) in [7, 11) is -2.15. The first-order chi connectivity index (χ1) is 12.0. The number of aliphatic hydroxyl groups is 1. The molecule has 0 aliphatic heterocycles. The second-order valence-electron chi connectivity index (χ2n) is 5.52. The topological polar surface area (TPSA) is 84.9 Å². The lowest BCUT2D eigenvalue weighted by Crippen LogP contribution is -2.30. The van der Waals surface area contributed by atoms with E-state index in [1.54, 1.807) is 12.1 Å². The molecule has 0 saturated carbocycles. The lowest BCUT2D eigenvalue weighted by Gasteiger charge is -2.19. The van der Waals surface area contributed by atoms with Crippen LogP contribution in [0.3, 0.4) is 0 Å². The van der Waals surface area contributed by atoms with Crippen molar-refractivity contribution < 1.29 is 23.0 Å². The van der Waals surface area contributed by atoms with Gasteiger partial charge in [-0.1, -0.05) is 29.8 Å². The summed E-state index contributed by atoms with van der Waals surface area (Å²) in [6.07, 6.45) is -0.485. The van der Waals surface area contributed by atoms with Gasteiger partial charge in [0.2, 0.25) is 10.0 Å². The molecule has 0 spiro atoms. The van der Waals surface area contributed by atoms with Gasteiger partial charge >= 0.3 is 0 Å². The highest BCUT2D eigenvalue weighted by molar-refractivity contribution is 7.89. The van der Waals surface area contributed by atoms with Gasteiger partial charge in [-0.05, 0) is 36.8 Å². The first-order valence-corrected chi connectivity index (χ1v) is 9.37. The molecule has 2 aromatic rings. The molecule has 2 N–H and O–H groups in total. The molecule has 7 heteroatoms. The molecule has 136 valence electrons. The number of ether oxygens (including phenoxy) is 2. The van der Waals surface area contributed by atoms with Gasteiger partial charge in [-0.2, -0.15) is 0 Å². The fourth-order valence-electron chi connectivity index (χ4n) is 2.27. The van der Waals surface area contributed by atoms with Gasteiger partial charge in [-0.3, -0.25) is 0 Å². The predicted molar refractivity (Wildman–Crippen MR) is 95.1 cm³/mol. The van der Waals surface area contributed by atoms with Crippen LogP contribution >= 0.6 is 0 Å². The number of hydrogen-bond acceptors (Lipinski definition) is 5. The minimum atomic E-state index is -3.67. The fourth-order valence-corrected chi connectivity index (χ4v) is 3.30. The minimum absolute atomic E-state index is 0.0669. The Morgan fingerprint density at radius 2 is 1.72 bits per heavy atom. The molecule has 0 radical (unpaired) electrons. The number of benzene rings is 2. The molecular formula is C18H23NO5S. The van der Waals surface area contributed by atoms with E-state index in [1.165, 1.54) is 19.2 Å². The largest absolute Gasteiger partial charge is 0.497 e. The van der Waals surface area contributed by atoms with Crippen LogP contribution in [0.25, 0.3) is 0 Å². The van der Waals surface area contributed by atoms with Crippen LogP contribution in [0.2, 0.25) is 0 Å². The summed E-state index contributed by atoms with van der Waals surface area (Å²) in [6, 6.07) is 13.8. The van der Waals surface area contributed by atoms with Crippen LogP contribution in [-0.2, 0) is 14.8 Å². The zero-order chi connectivity index (χ0) is 18.3. The van der Waals surface area contributed by atoms with Gasteiger partial charge in [0.25, 0.3) is 0 Å². The van der Waals surface area contributed by atoms with Crippen LogP contribution in [0, 0.1) is 6.92 Å². The van der Waals surface area contributed by atoms with E-state index in [4.69, 9.17) is 14.6 Å². The lowest BCUT2D eigenvalue weighted by atomic mass is 10.1. The number of aryl methyl sites for hydroxylation is 1. The van der Waals surface area contributed by atoms with Gasteiger partial charge in [-0.15, -0.1) is 0 Å². The standard InChI is InChI=1S/C18H23NO5S/c1-14-3-5-15(6-4-14)18(24-12-11-20)13-19-25(21,22)17-9-7-16(23-2)8-10-17/h3-10,18-20H,11-13H2,1-2H3. The van der Waals surface area contributed by atoms with Gasteiger partial charge in [0, 0.05) is 6.54 Å². The monoisotopic (exact) mass is 365 g/mol. The second-order valence-corrected chi connectivity index (χ2v) is 7.29. The SMILES string of the molecule is COc1ccc(S(=O)(=O)NCC(OCCO)c2ccc(C)cc2)cc1. The van der Waals surface area contributed by atoms with Crippen LogP contribution < -0.4 is 9.46 Å². The molecule has 0 heterocycles. The van der Waals surface area contributed by atoms with E-state index < -0.39 is 16.1 Å². The van der Waals surface area contributed by atoms with Crippen molar-refractivity contribution in [2.75, 3.05) is 26.9 Å². The molecule has 0 aliphatic carbocycles. The van der Waals surface area contributed by atoms with E-state index >= 15 is 0 Å². The Hall–Kier alpha value is -1.93. The average molecular weight is 365 g/mol. The quantitative estimate of drug-likeness (QED) is 0.710. The second kappa shape index (κ2) is 8.96. The van der Waals surface area contributed by atoms with Crippen molar-refractivity contribution in [2.45, 2.75) is 17.9 Å². The summed E-state index contributed by atoms with van der Waals surface area (Å²) in [4.78, 5) is 0.151. The zero-order valence-electron chi connectivity index (χ0n) is 14.3. The molecule has 2 rings (SSSR count). The van der Waals surface area contributed by atoms with Crippen molar-refractivity contribution in [1.82, 2.24) is 4.72 Å². The van der Waals surface area contributed by atoms with Crippen LogP contribution in [0.1, 0.15) is 17.2 Å². The summed E-state index contributed by atoms with van der Waals surface area (Å²) in [5, 5.41) is 8.99. The van der Waals surface area contributed by atoms with E-state index in [1.807, 2.05) is 31.2 Å². The number of hydrogen-bond donors (Lipinski definition) is 2. The van der Waals surface area contributed by atoms with Crippen LogP contribution in [-0.4, -0.2) is 40.4 Å². The molecule has 0 saturated heterocycles. The fraction of sp³-hybridized carbons (Fsp3) is 0.333. The van der Waals surface area contributed by atoms with E-state index in [0.717, 1.165) is 11.1 Å². The molecule has 6 nitrogen and oxygen atoms in total. The van der Waals surface area contributed by atoms with E-state index in [9.17, 15) is 8.42 Å². The molecular weight excluding hydrogens is 342 g/mol. The van der Waals surface area contributed by atoms with Gasteiger partial charge in [0.15, 0.2) is 0 Å². The number of rotatable bonds is 9. The number of sulfonamides is 1. The first-order valence-electron chi connectivity index (χ1n) is 7.89. The Morgan fingerprint density at radius 3 is 2.28 bits per heavy atom. The van der Waals surface area contributed by atoms with Crippen LogP contribution in [0.5, 0.6) is 5.75 Å². The summed E-state index contributed by atoms with van der Waals surface area (Å²) < 4.78 is 38.1. The number of aliphatic hydroxyl groups excluding tert-OH is 1. The molecule has 2 aromatic carbocycles. The Bertz CT molecular complexity index is 757. The zero-order valence-corrected chi connectivity index (χ0v) is 15.1. The highest BCUT2D eigenvalue weighted by atomic mass is 32.2. The predicted octanol–water partition coefficient (Wildman–Crippen LogP) is 2.03. The summed E-state index contributed by atoms with van der Waals surface area (Å²) in [6.45, 7) is 2.04. The van der Waals surface area contributed by atoms with Crippen molar-refractivity contribution in [3.8, 4) is 5.75 Å². The van der Waals surface area contributed by atoms with Crippen molar-refractivity contribution in [1.29, 1.82) is 0 Å². The van der Waals surface area contributed by atoms with Crippen molar-refractivity contribution in [3.05, 3.63) is 59.7 Å². The smallest absolute Gasteiger partial charge is 0.240 e. The third-order valence-corrected chi connectivity index (χ3v) is 5.13. The summed E-state index contributed by atoms with van der Waals surface area (Å²) in [5.74, 6) is 0.586. The van der Waals surface area contributed by atoms with E-state index in [0.29, 0.717) is 5.75 Å². The Morgan fingerprint density at radius 1 is 1.08 bits per heavy atom. The van der Waals surface area contributed by atoms with Crippen LogP contribution in [0.4, 0.5) is 0 Å². The maximum Gasteiger partial charge on any atom is 0.240 e. The van der Waals surface area contributed by atoms with Gasteiger partial charge in [-0.25, -0.2) is 13.1 Å². The Balaban J connectivity index is 2.10. The average Bonchev–Trinajstić information content (AvgIpc) is 2.63. The normalized spacial score (nSPS) is 12.8. The van der Waals surface area contributed by atoms with Crippen molar-refractivity contribution in [2.24, 2.45) is 0 Å². The molecule has 1 unspecified atom stereocenters. The molecule has 1 atom stereocenters. The highest BCUT2D eigenvalue weighted by Gasteiger charge is 2.18. The van der Waals surface area contributed by atoms with Gasteiger partial charge in [0.05, 0.1) is 31.3 Å². The Labute approximate surface area is 148 Å². The van der Waals surface area contributed by atoms with E-state index in [-0.39, 0.29) is 24.7 Å². The van der Waals surface area contributed by atoms with Crippen LogP contribution in [0.15, 0.2) is 53.4 Å². The molecule has 0 aliphatic rings. The maximum absolute atomic E-state index is 12.4. The summed E-state index contributed by atoms with van der Waals surface area (Å²) >= 11 is 0. The first kappa shape index (κ1) is 19.4. The molecule has 25 heavy (non-hydrogen) atoms. The maximum atomic E-state index is 12.4. The number of methoxy groups -OCH3 is 1. The minimum Gasteiger partial charge on any atom is -0.497 e. The van der Waals surface area contributed by atoms with Gasteiger partial charge < -0.3 is 14.6 Å². The Kier molecular flexibility index (Phi) is 6.95. The van der Waals surface area contributed by atoms with Crippen molar-refractivity contribution in [3.63, 3.8) is 0 Å². The summed E-state index contributed by atoms with van der Waals surface area (Å²) in [5.41, 5.74) is 1.94. The molecule has 0 aromatic heterocycles. The molecule has 0 bridgehead atoms. The molecule has 0 fully saturated rings. The third kappa shape index (κ3) is 5.54.